The Bertz CT molecular complexity index is 1270. The van der Waals surface area contributed by atoms with Crippen LogP contribution < -0.4 is 15.0 Å². The minimum atomic E-state index is -0.0859. The first-order valence-corrected chi connectivity index (χ1v) is 10.5. The largest absolute Gasteiger partial charge is 0.497 e. The predicted molar refractivity (Wildman–Crippen MR) is 125 cm³/mol. The van der Waals surface area contributed by atoms with Crippen LogP contribution in [0.25, 0.3) is 22.3 Å². The standard InChI is InChI=1S/C24H20Cl2N2O3/c1-30-18-10-7-16(8-11-18)23-27-21-6-3-2-5-19(21)24(29)28(23)13-4-14-31-22-15-17(25)9-12-20(22)26/h2-3,5-12,15H,4,13-14H2,1H3. The Kier molecular flexibility index (Phi) is 6.44. The molecule has 0 aliphatic heterocycles. The fraction of sp³-hybridized carbons (Fsp3) is 0.167. The van der Waals surface area contributed by atoms with Crippen molar-refractivity contribution < 1.29 is 9.47 Å². The lowest BCUT2D eigenvalue weighted by Crippen LogP contribution is -2.24. The van der Waals surface area contributed by atoms with Gasteiger partial charge in [-0.25, -0.2) is 4.98 Å². The number of halogens is 2. The summed E-state index contributed by atoms with van der Waals surface area (Å²) >= 11 is 12.2. The lowest BCUT2D eigenvalue weighted by atomic mass is 10.1. The van der Waals surface area contributed by atoms with Crippen molar-refractivity contribution in [1.29, 1.82) is 0 Å². The third kappa shape index (κ3) is 4.68. The van der Waals surface area contributed by atoms with Crippen LogP contribution in [0.1, 0.15) is 6.42 Å². The van der Waals surface area contributed by atoms with Gasteiger partial charge in [-0.1, -0.05) is 35.3 Å². The van der Waals surface area contributed by atoms with Crippen LogP contribution >= 0.6 is 23.2 Å². The van der Waals surface area contributed by atoms with Crippen molar-refractivity contribution in [3.05, 3.63) is 87.1 Å². The van der Waals surface area contributed by atoms with Gasteiger partial charge in [-0.3, -0.25) is 9.36 Å². The number of rotatable bonds is 7. The molecule has 1 aromatic heterocycles. The van der Waals surface area contributed by atoms with Crippen molar-refractivity contribution in [2.45, 2.75) is 13.0 Å². The maximum atomic E-state index is 13.2. The highest BCUT2D eigenvalue weighted by Crippen LogP contribution is 2.28. The van der Waals surface area contributed by atoms with Gasteiger partial charge in [0.25, 0.3) is 5.56 Å². The normalized spacial score (nSPS) is 10.9. The number of aromatic nitrogens is 2. The maximum absolute atomic E-state index is 13.2. The van der Waals surface area contributed by atoms with E-state index in [2.05, 4.69) is 0 Å². The van der Waals surface area contributed by atoms with E-state index in [1.54, 1.807) is 35.9 Å². The fourth-order valence-electron chi connectivity index (χ4n) is 3.33. The molecule has 158 valence electrons. The molecule has 4 aromatic rings. The van der Waals surface area contributed by atoms with E-state index in [-0.39, 0.29) is 5.56 Å². The molecule has 0 saturated heterocycles. The van der Waals surface area contributed by atoms with Crippen molar-refractivity contribution in [2.75, 3.05) is 13.7 Å². The lowest BCUT2D eigenvalue weighted by Gasteiger charge is -2.15. The Morgan fingerprint density at radius 1 is 1.00 bits per heavy atom. The molecule has 5 nitrogen and oxygen atoms in total. The van der Waals surface area contributed by atoms with Gasteiger partial charge in [0.2, 0.25) is 0 Å². The molecule has 7 heteroatoms. The van der Waals surface area contributed by atoms with Gasteiger partial charge in [0.05, 0.1) is 29.6 Å². The van der Waals surface area contributed by atoms with Crippen LogP contribution in [-0.4, -0.2) is 23.3 Å². The molecule has 1 heterocycles. The first-order chi connectivity index (χ1) is 15.1. The van der Waals surface area contributed by atoms with E-state index in [0.717, 1.165) is 11.3 Å². The molecule has 0 amide bonds. The summed E-state index contributed by atoms with van der Waals surface area (Å²) in [7, 11) is 1.62. The lowest BCUT2D eigenvalue weighted by molar-refractivity contribution is 0.301. The number of hydrogen-bond donors (Lipinski definition) is 0. The average Bonchev–Trinajstić information content (AvgIpc) is 2.80. The number of para-hydroxylation sites is 1. The molecule has 0 spiro atoms. The summed E-state index contributed by atoms with van der Waals surface area (Å²) < 4.78 is 12.7. The zero-order valence-corrected chi connectivity index (χ0v) is 18.4. The van der Waals surface area contributed by atoms with E-state index in [4.69, 9.17) is 37.7 Å². The molecule has 0 fully saturated rings. The van der Waals surface area contributed by atoms with Crippen molar-refractivity contribution in [1.82, 2.24) is 9.55 Å². The van der Waals surface area contributed by atoms with E-state index in [9.17, 15) is 4.79 Å². The Morgan fingerprint density at radius 2 is 1.77 bits per heavy atom. The number of nitrogens with zero attached hydrogens (tertiary/aromatic N) is 2. The summed E-state index contributed by atoms with van der Waals surface area (Å²) in [5, 5.41) is 1.63. The van der Waals surface area contributed by atoms with Crippen LogP contribution in [0.15, 0.2) is 71.5 Å². The zero-order valence-electron chi connectivity index (χ0n) is 16.8. The molecule has 3 aromatic carbocycles. The smallest absolute Gasteiger partial charge is 0.261 e. The summed E-state index contributed by atoms with van der Waals surface area (Å²) in [5.41, 5.74) is 1.41. The third-order valence-corrected chi connectivity index (χ3v) is 5.43. The molecule has 0 saturated carbocycles. The molecule has 4 rings (SSSR count). The van der Waals surface area contributed by atoms with Gasteiger partial charge in [0.1, 0.15) is 17.3 Å². The van der Waals surface area contributed by atoms with Crippen molar-refractivity contribution in [3.8, 4) is 22.9 Å². The van der Waals surface area contributed by atoms with Gasteiger partial charge in [-0.2, -0.15) is 0 Å². The second kappa shape index (κ2) is 9.41. The van der Waals surface area contributed by atoms with E-state index < -0.39 is 0 Å². The summed E-state index contributed by atoms with van der Waals surface area (Å²) in [4.78, 5) is 18.0. The van der Waals surface area contributed by atoms with Crippen molar-refractivity contribution in [2.24, 2.45) is 0 Å². The van der Waals surface area contributed by atoms with Crippen LogP contribution in [0.4, 0.5) is 0 Å². The highest BCUT2D eigenvalue weighted by Gasteiger charge is 2.13. The Balaban J connectivity index is 1.62. The maximum Gasteiger partial charge on any atom is 0.261 e. The molecule has 0 unspecified atom stereocenters. The molecule has 31 heavy (non-hydrogen) atoms. The minimum absolute atomic E-state index is 0.0859. The first kappa shape index (κ1) is 21.2. The SMILES string of the molecule is COc1ccc(-c2nc3ccccc3c(=O)n2CCCOc2cc(Cl)ccc2Cl)cc1. The van der Waals surface area contributed by atoms with Crippen LogP contribution in [0.5, 0.6) is 11.5 Å². The highest BCUT2D eigenvalue weighted by atomic mass is 35.5. The van der Waals surface area contributed by atoms with Crippen LogP contribution in [-0.2, 0) is 6.54 Å². The Hall–Kier alpha value is -3.02. The Labute approximate surface area is 189 Å². The molecular weight excluding hydrogens is 435 g/mol. The zero-order chi connectivity index (χ0) is 21.8. The first-order valence-electron chi connectivity index (χ1n) is 9.78. The van der Waals surface area contributed by atoms with E-state index in [1.165, 1.54) is 0 Å². The van der Waals surface area contributed by atoms with Gasteiger partial charge >= 0.3 is 0 Å². The molecule has 0 atom stereocenters. The second-order valence-electron chi connectivity index (χ2n) is 6.91. The summed E-state index contributed by atoms with van der Waals surface area (Å²) in [6.45, 7) is 0.817. The number of fused-ring (bicyclic) bond motifs is 1. The van der Waals surface area contributed by atoms with E-state index in [1.807, 2.05) is 42.5 Å². The molecule has 0 bridgehead atoms. The topological polar surface area (TPSA) is 53.3 Å². The fourth-order valence-corrected chi connectivity index (χ4v) is 3.66. The van der Waals surface area contributed by atoms with Crippen LogP contribution in [0, 0.1) is 0 Å². The third-order valence-electron chi connectivity index (χ3n) is 4.89. The highest BCUT2D eigenvalue weighted by molar-refractivity contribution is 6.34. The second-order valence-corrected chi connectivity index (χ2v) is 7.76. The van der Waals surface area contributed by atoms with Crippen molar-refractivity contribution >= 4 is 34.1 Å². The van der Waals surface area contributed by atoms with Crippen LogP contribution in [0.2, 0.25) is 10.0 Å². The van der Waals surface area contributed by atoms with E-state index >= 15 is 0 Å². The predicted octanol–water partition coefficient (Wildman–Crippen LogP) is 5.85. The quantitative estimate of drug-likeness (QED) is 0.328. The van der Waals surface area contributed by atoms with Gasteiger partial charge in [0.15, 0.2) is 0 Å². The molecular formula is C24H20Cl2N2O3. The van der Waals surface area contributed by atoms with Gasteiger partial charge in [-0.15, -0.1) is 0 Å². The molecule has 0 aliphatic rings. The van der Waals surface area contributed by atoms with Gasteiger partial charge < -0.3 is 9.47 Å². The van der Waals surface area contributed by atoms with Crippen molar-refractivity contribution in [3.63, 3.8) is 0 Å². The monoisotopic (exact) mass is 454 g/mol. The number of benzene rings is 3. The molecule has 0 radical (unpaired) electrons. The number of methoxy groups -OCH3 is 1. The summed E-state index contributed by atoms with van der Waals surface area (Å²) in [6.07, 6.45) is 0.589. The minimum Gasteiger partial charge on any atom is -0.497 e. The Morgan fingerprint density at radius 3 is 2.55 bits per heavy atom. The van der Waals surface area contributed by atoms with Gasteiger partial charge in [-0.05, 0) is 55.0 Å². The molecule has 0 aliphatic carbocycles. The summed E-state index contributed by atoms with van der Waals surface area (Å²) in [5.74, 6) is 1.87. The average molecular weight is 455 g/mol. The summed E-state index contributed by atoms with van der Waals surface area (Å²) in [6, 6.07) is 19.9. The number of ether oxygens (including phenoxy) is 2. The molecule has 0 N–H and O–H groups in total. The van der Waals surface area contributed by atoms with Gasteiger partial charge in [0, 0.05) is 23.2 Å². The number of hydrogen-bond acceptors (Lipinski definition) is 4. The van der Waals surface area contributed by atoms with Crippen LogP contribution in [0.3, 0.4) is 0 Å². The van der Waals surface area contributed by atoms with E-state index in [0.29, 0.717) is 52.1 Å².